The number of hydrogen-bond acceptors (Lipinski definition) is 2. The summed E-state index contributed by atoms with van der Waals surface area (Å²) in [6.07, 6.45) is -3.26. The minimum absolute atomic E-state index is 0.192. The Hall–Kier alpha value is -1.23. The smallest absolute Gasteiger partial charge is 0.366 e. The summed E-state index contributed by atoms with van der Waals surface area (Å²) in [5.74, 6) is 0.569. The van der Waals surface area contributed by atoms with E-state index in [0.29, 0.717) is 17.6 Å². The molecule has 1 heterocycles. The molecule has 0 amide bonds. The van der Waals surface area contributed by atoms with Crippen LogP contribution in [0.5, 0.6) is 0 Å². The normalized spacial score (nSPS) is 23.7. The topological polar surface area (TPSA) is 15.3 Å². The van der Waals surface area contributed by atoms with Gasteiger partial charge in [-0.05, 0) is 37.5 Å². The Morgan fingerprint density at radius 2 is 2.05 bits per heavy atom. The Morgan fingerprint density at radius 3 is 2.67 bits per heavy atom. The highest BCUT2D eigenvalue weighted by Crippen LogP contribution is 2.32. The monoisotopic (exact) mass is 300 g/mol. The van der Waals surface area contributed by atoms with Crippen LogP contribution < -0.4 is 10.2 Å². The molecule has 1 fully saturated rings. The van der Waals surface area contributed by atoms with Crippen LogP contribution in [-0.4, -0.2) is 25.2 Å². The predicted octanol–water partition coefficient (Wildman–Crippen LogP) is 3.92. The molecule has 2 nitrogen and oxygen atoms in total. The van der Waals surface area contributed by atoms with Gasteiger partial charge in [0.2, 0.25) is 0 Å². The molecule has 0 radical (unpaired) electrons. The van der Waals surface area contributed by atoms with Gasteiger partial charge in [-0.3, -0.25) is 0 Å². The van der Waals surface area contributed by atoms with Crippen molar-refractivity contribution in [1.29, 1.82) is 0 Å². The first-order chi connectivity index (χ1) is 9.77. The molecule has 118 valence electrons. The third kappa shape index (κ3) is 4.13. The summed E-state index contributed by atoms with van der Waals surface area (Å²) in [6.45, 7) is 7.91. The van der Waals surface area contributed by atoms with Crippen LogP contribution in [0.2, 0.25) is 0 Å². The van der Waals surface area contributed by atoms with Gasteiger partial charge in [-0.25, -0.2) is 0 Å². The zero-order chi connectivity index (χ0) is 15.6. The van der Waals surface area contributed by atoms with Crippen LogP contribution in [0.4, 0.5) is 18.9 Å². The Kier molecular flexibility index (Phi) is 4.81. The molecule has 0 bridgehead atoms. The van der Waals surface area contributed by atoms with E-state index < -0.39 is 11.7 Å². The lowest BCUT2D eigenvalue weighted by atomic mass is 9.99. The van der Waals surface area contributed by atoms with Crippen molar-refractivity contribution in [3.05, 3.63) is 29.8 Å². The summed E-state index contributed by atoms with van der Waals surface area (Å²) in [5.41, 5.74) is 0.0822. The average Bonchev–Trinajstić information content (AvgIpc) is 2.39. The second-order valence-corrected chi connectivity index (χ2v) is 6.28. The molecule has 0 saturated carbocycles. The van der Waals surface area contributed by atoms with E-state index in [0.717, 1.165) is 25.6 Å². The summed E-state index contributed by atoms with van der Waals surface area (Å²) in [4.78, 5) is 2.08. The van der Waals surface area contributed by atoms with Crippen LogP contribution in [-0.2, 0) is 6.18 Å². The summed E-state index contributed by atoms with van der Waals surface area (Å²) in [5, 5.41) is 3.48. The van der Waals surface area contributed by atoms with E-state index in [1.54, 1.807) is 6.07 Å². The lowest BCUT2D eigenvalue weighted by Crippen LogP contribution is -2.56. The molecule has 1 aromatic rings. The SMILES string of the molecule is CC(C)CC1CN(c2cccc(C(F)(F)F)c2)C(C)CN1. The summed E-state index contributed by atoms with van der Waals surface area (Å²) >= 11 is 0. The van der Waals surface area contributed by atoms with Crippen molar-refractivity contribution in [2.75, 3.05) is 18.0 Å². The first-order valence-electron chi connectivity index (χ1n) is 7.44. The highest BCUT2D eigenvalue weighted by atomic mass is 19.4. The quantitative estimate of drug-likeness (QED) is 0.910. The maximum absolute atomic E-state index is 12.9. The fraction of sp³-hybridized carbons (Fsp3) is 0.625. The fourth-order valence-corrected chi connectivity index (χ4v) is 2.88. The summed E-state index contributed by atoms with van der Waals surface area (Å²) in [6, 6.07) is 6.16. The average molecular weight is 300 g/mol. The van der Waals surface area contributed by atoms with E-state index >= 15 is 0 Å². The number of anilines is 1. The van der Waals surface area contributed by atoms with Gasteiger partial charge in [0.05, 0.1) is 5.56 Å². The molecular weight excluding hydrogens is 277 g/mol. The molecule has 21 heavy (non-hydrogen) atoms. The summed E-state index contributed by atoms with van der Waals surface area (Å²) in [7, 11) is 0. The van der Waals surface area contributed by atoms with E-state index in [-0.39, 0.29) is 6.04 Å². The second-order valence-electron chi connectivity index (χ2n) is 6.28. The third-order valence-electron chi connectivity index (χ3n) is 3.91. The van der Waals surface area contributed by atoms with Gasteiger partial charge in [0, 0.05) is 30.9 Å². The van der Waals surface area contributed by atoms with Gasteiger partial charge in [-0.15, -0.1) is 0 Å². The fourth-order valence-electron chi connectivity index (χ4n) is 2.88. The third-order valence-corrected chi connectivity index (χ3v) is 3.91. The van der Waals surface area contributed by atoms with E-state index in [1.165, 1.54) is 12.1 Å². The van der Waals surface area contributed by atoms with Gasteiger partial charge in [0.1, 0.15) is 0 Å². The molecule has 0 spiro atoms. The Labute approximate surface area is 124 Å². The molecule has 1 aliphatic rings. The predicted molar refractivity (Wildman–Crippen MR) is 79.5 cm³/mol. The molecule has 1 N–H and O–H groups in total. The maximum atomic E-state index is 12.9. The molecule has 1 aromatic carbocycles. The van der Waals surface area contributed by atoms with E-state index in [1.807, 2.05) is 6.92 Å². The standard InChI is InChI=1S/C16H23F3N2/c1-11(2)7-14-10-21(12(3)9-20-14)15-6-4-5-13(8-15)16(17,18)19/h4-6,8,11-12,14,20H,7,9-10H2,1-3H3. The minimum Gasteiger partial charge on any atom is -0.366 e. The molecule has 2 rings (SSSR count). The molecule has 0 aliphatic carbocycles. The maximum Gasteiger partial charge on any atom is 0.416 e. The molecule has 1 saturated heterocycles. The molecular formula is C16H23F3N2. The van der Waals surface area contributed by atoms with Crippen LogP contribution in [0.15, 0.2) is 24.3 Å². The first-order valence-corrected chi connectivity index (χ1v) is 7.44. The van der Waals surface area contributed by atoms with Crippen molar-refractivity contribution in [2.45, 2.75) is 45.5 Å². The zero-order valence-electron chi connectivity index (χ0n) is 12.7. The Balaban J connectivity index is 2.19. The molecule has 1 aliphatic heterocycles. The van der Waals surface area contributed by atoms with Gasteiger partial charge in [-0.2, -0.15) is 13.2 Å². The lowest BCUT2D eigenvalue weighted by Gasteiger charge is -2.41. The largest absolute Gasteiger partial charge is 0.416 e. The molecule has 0 aromatic heterocycles. The van der Waals surface area contributed by atoms with Crippen molar-refractivity contribution in [3.63, 3.8) is 0 Å². The number of nitrogens with zero attached hydrogens (tertiary/aromatic N) is 1. The highest BCUT2D eigenvalue weighted by Gasteiger charge is 2.32. The van der Waals surface area contributed by atoms with Gasteiger partial charge < -0.3 is 10.2 Å². The first kappa shape index (κ1) is 16.1. The number of piperazine rings is 1. The van der Waals surface area contributed by atoms with Gasteiger partial charge in [0.25, 0.3) is 0 Å². The zero-order valence-corrected chi connectivity index (χ0v) is 12.7. The lowest BCUT2D eigenvalue weighted by molar-refractivity contribution is -0.137. The van der Waals surface area contributed by atoms with Crippen LogP contribution in [0.1, 0.15) is 32.8 Å². The van der Waals surface area contributed by atoms with E-state index in [4.69, 9.17) is 0 Å². The molecule has 2 unspecified atom stereocenters. The van der Waals surface area contributed by atoms with Crippen molar-refractivity contribution in [1.82, 2.24) is 5.32 Å². The molecule has 2 atom stereocenters. The van der Waals surface area contributed by atoms with Gasteiger partial charge in [0.15, 0.2) is 0 Å². The van der Waals surface area contributed by atoms with Crippen molar-refractivity contribution in [3.8, 4) is 0 Å². The van der Waals surface area contributed by atoms with E-state index in [9.17, 15) is 13.2 Å². The van der Waals surface area contributed by atoms with Crippen LogP contribution in [0, 0.1) is 5.92 Å². The number of nitrogens with one attached hydrogen (secondary N) is 1. The highest BCUT2D eigenvalue weighted by molar-refractivity contribution is 5.50. The number of halogens is 3. The minimum atomic E-state index is -4.29. The van der Waals surface area contributed by atoms with E-state index in [2.05, 4.69) is 24.1 Å². The number of hydrogen-bond donors (Lipinski definition) is 1. The van der Waals surface area contributed by atoms with Crippen molar-refractivity contribution < 1.29 is 13.2 Å². The Bertz CT molecular complexity index is 471. The molecule has 5 heteroatoms. The van der Waals surface area contributed by atoms with Crippen LogP contribution >= 0.6 is 0 Å². The number of alkyl halides is 3. The van der Waals surface area contributed by atoms with Crippen molar-refractivity contribution in [2.24, 2.45) is 5.92 Å². The summed E-state index contributed by atoms with van der Waals surface area (Å²) < 4.78 is 38.6. The second kappa shape index (κ2) is 6.26. The number of rotatable bonds is 3. The van der Waals surface area contributed by atoms with Crippen LogP contribution in [0.3, 0.4) is 0 Å². The Morgan fingerprint density at radius 1 is 1.33 bits per heavy atom. The van der Waals surface area contributed by atoms with Gasteiger partial charge in [-0.1, -0.05) is 19.9 Å². The van der Waals surface area contributed by atoms with Gasteiger partial charge >= 0.3 is 6.18 Å². The number of benzene rings is 1. The van der Waals surface area contributed by atoms with Crippen molar-refractivity contribution >= 4 is 5.69 Å². The van der Waals surface area contributed by atoms with Crippen LogP contribution in [0.25, 0.3) is 0 Å².